The maximum atomic E-state index is 4.96. The number of benzene rings is 4. The quantitative estimate of drug-likeness (QED) is 0.307. The van der Waals surface area contributed by atoms with Crippen LogP contribution in [0.1, 0.15) is 22.3 Å². The first-order valence-corrected chi connectivity index (χ1v) is 11.5. The molecule has 0 amide bonds. The van der Waals surface area contributed by atoms with E-state index in [0.717, 1.165) is 44.8 Å². The molecule has 0 saturated heterocycles. The number of hydrogen-bond donors (Lipinski definition) is 0. The minimum atomic E-state index is 0.912. The topological polar surface area (TPSA) is 48.5 Å². The Balaban J connectivity index is 1.47. The van der Waals surface area contributed by atoms with Gasteiger partial charge in [-0.3, -0.25) is 4.57 Å². The number of hydrogen-bond acceptors (Lipinski definition) is 3. The zero-order chi connectivity index (χ0) is 23.4. The van der Waals surface area contributed by atoms with E-state index >= 15 is 0 Å². The molecule has 5 nitrogen and oxygen atoms in total. The molecule has 0 aliphatic heterocycles. The molecule has 166 valence electrons. The smallest absolute Gasteiger partial charge is 0.145 e. The summed E-state index contributed by atoms with van der Waals surface area (Å²) in [4.78, 5) is 6.71. The third kappa shape index (κ3) is 3.05. The Morgan fingerprint density at radius 1 is 0.559 bits per heavy atom. The Morgan fingerprint density at radius 3 is 1.79 bits per heavy atom. The van der Waals surface area contributed by atoms with Crippen molar-refractivity contribution in [1.82, 2.24) is 24.5 Å². The van der Waals surface area contributed by atoms with Crippen molar-refractivity contribution in [1.29, 1.82) is 0 Å². The first kappa shape index (κ1) is 20.4. The SMILES string of the molecule is Cc1c(C)c(C)c2nn(-c3ccc(-c4nc5ccccc5n4-c4ccccc4)cc3)nc2c1C. The Kier molecular flexibility index (Phi) is 4.59. The standard InChI is InChI=1S/C29H25N5/c1-18-19(2)21(4)28-27(20(18)3)31-34(32-28)24-16-14-22(15-17-24)29-30-25-12-8-9-13-26(25)33(29)23-10-6-5-7-11-23/h5-17H,1-4H3. The van der Waals surface area contributed by atoms with Crippen LogP contribution in [0, 0.1) is 27.7 Å². The summed E-state index contributed by atoms with van der Waals surface area (Å²) in [5.41, 5.74) is 12.0. The van der Waals surface area contributed by atoms with E-state index in [-0.39, 0.29) is 0 Å². The number of nitrogens with zero attached hydrogens (tertiary/aromatic N) is 5. The van der Waals surface area contributed by atoms with E-state index in [9.17, 15) is 0 Å². The molecule has 2 heterocycles. The maximum Gasteiger partial charge on any atom is 0.145 e. The summed E-state index contributed by atoms with van der Waals surface area (Å²) in [6.45, 7) is 8.56. The lowest BCUT2D eigenvalue weighted by molar-refractivity contribution is 0.764. The van der Waals surface area contributed by atoms with E-state index in [0.29, 0.717) is 0 Å². The minimum absolute atomic E-state index is 0.912. The van der Waals surface area contributed by atoms with Crippen LogP contribution < -0.4 is 0 Å². The summed E-state index contributed by atoms with van der Waals surface area (Å²) < 4.78 is 2.21. The van der Waals surface area contributed by atoms with Gasteiger partial charge in [-0.2, -0.15) is 4.80 Å². The molecule has 0 aliphatic rings. The number of para-hydroxylation sites is 3. The predicted octanol–water partition coefficient (Wildman–Crippen LogP) is 6.66. The Hall–Kier alpha value is -4.25. The molecular weight excluding hydrogens is 418 g/mol. The van der Waals surface area contributed by atoms with Crippen LogP contribution in [0.2, 0.25) is 0 Å². The lowest BCUT2D eigenvalue weighted by atomic mass is 9.98. The number of fused-ring (bicyclic) bond motifs is 2. The molecule has 0 unspecified atom stereocenters. The second-order valence-electron chi connectivity index (χ2n) is 8.83. The highest BCUT2D eigenvalue weighted by atomic mass is 15.5. The van der Waals surface area contributed by atoms with Gasteiger partial charge in [-0.05, 0) is 98.5 Å². The summed E-state index contributed by atoms with van der Waals surface area (Å²) in [7, 11) is 0. The molecule has 4 aromatic carbocycles. The number of imidazole rings is 1. The first-order valence-electron chi connectivity index (χ1n) is 11.5. The van der Waals surface area contributed by atoms with Crippen LogP contribution >= 0.6 is 0 Å². The van der Waals surface area contributed by atoms with Crippen molar-refractivity contribution in [2.75, 3.05) is 0 Å². The summed E-state index contributed by atoms with van der Waals surface area (Å²) in [5, 5.41) is 9.66. The van der Waals surface area contributed by atoms with Crippen molar-refractivity contribution < 1.29 is 0 Å². The molecule has 0 spiro atoms. The van der Waals surface area contributed by atoms with Gasteiger partial charge in [0.25, 0.3) is 0 Å². The van der Waals surface area contributed by atoms with Crippen molar-refractivity contribution in [2.24, 2.45) is 0 Å². The molecular formula is C29H25N5. The van der Waals surface area contributed by atoms with Gasteiger partial charge in [0.15, 0.2) is 0 Å². The average Bonchev–Trinajstić information content (AvgIpc) is 3.50. The zero-order valence-corrected chi connectivity index (χ0v) is 19.7. The maximum absolute atomic E-state index is 4.96. The average molecular weight is 444 g/mol. The van der Waals surface area contributed by atoms with Crippen LogP contribution in [0.3, 0.4) is 0 Å². The molecule has 0 fully saturated rings. The molecule has 0 radical (unpaired) electrons. The van der Waals surface area contributed by atoms with E-state index in [2.05, 4.69) is 99.0 Å². The Morgan fingerprint density at radius 2 is 1.15 bits per heavy atom. The van der Waals surface area contributed by atoms with E-state index in [1.807, 2.05) is 12.1 Å². The molecule has 0 atom stereocenters. The highest BCUT2D eigenvalue weighted by Gasteiger charge is 2.16. The first-order chi connectivity index (χ1) is 16.5. The van der Waals surface area contributed by atoms with Gasteiger partial charge in [0.2, 0.25) is 0 Å². The van der Waals surface area contributed by atoms with Crippen molar-refractivity contribution in [3.8, 4) is 22.8 Å². The zero-order valence-electron chi connectivity index (χ0n) is 19.7. The minimum Gasteiger partial charge on any atom is -0.292 e. The van der Waals surface area contributed by atoms with Gasteiger partial charge in [0.1, 0.15) is 16.9 Å². The highest BCUT2D eigenvalue weighted by Crippen LogP contribution is 2.30. The molecule has 0 saturated carbocycles. The Labute approximate surface area is 198 Å². The van der Waals surface area contributed by atoms with Crippen LogP contribution in [-0.4, -0.2) is 24.5 Å². The summed E-state index contributed by atoms with van der Waals surface area (Å²) in [6, 6.07) is 26.9. The van der Waals surface area contributed by atoms with Crippen LogP contribution in [0.5, 0.6) is 0 Å². The van der Waals surface area contributed by atoms with Gasteiger partial charge in [-0.25, -0.2) is 4.98 Å². The van der Waals surface area contributed by atoms with Crippen LogP contribution in [-0.2, 0) is 0 Å². The van der Waals surface area contributed by atoms with Gasteiger partial charge < -0.3 is 0 Å². The predicted molar refractivity (Wildman–Crippen MR) is 138 cm³/mol. The van der Waals surface area contributed by atoms with Crippen LogP contribution in [0.25, 0.3) is 44.8 Å². The molecule has 0 aliphatic carbocycles. The monoisotopic (exact) mass is 443 g/mol. The van der Waals surface area contributed by atoms with Gasteiger partial charge in [-0.15, -0.1) is 10.2 Å². The van der Waals surface area contributed by atoms with E-state index in [1.54, 1.807) is 4.80 Å². The molecule has 34 heavy (non-hydrogen) atoms. The lowest BCUT2D eigenvalue weighted by Gasteiger charge is -2.10. The Bertz CT molecular complexity index is 1630. The number of aromatic nitrogens is 5. The third-order valence-corrected chi connectivity index (χ3v) is 6.94. The van der Waals surface area contributed by atoms with Crippen LogP contribution in [0.4, 0.5) is 0 Å². The van der Waals surface area contributed by atoms with Crippen molar-refractivity contribution in [3.63, 3.8) is 0 Å². The van der Waals surface area contributed by atoms with Crippen molar-refractivity contribution in [3.05, 3.63) is 101 Å². The number of rotatable bonds is 3. The van der Waals surface area contributed by atoms with Gasteiger partial charge in [-0.1, -0.05) is 30.3 Å². The van der Waals surface area contributed by atoms with Crippen molar-refractivity contribution in [2.45, 2.75) is 27.7 Å². The highest BCUT2D eigenvalue weighted by molar-refractivity contribution is 5.84. The fourth-order valence-electron chi connectivity index (χ4n) is 4.65. The molecule has 0 N–H and O–H groups in total. The second-order valence-corrected chi connectivity index (χ2v) is 8.83. The molecule has 5 heteroatoms. The van der Waals surface area contributed by atoms with E-state index < -0.39 is 0 Å². The summed E-state index contributed by atoms with van der Waals surface area (Å²) in [5.74, 6) is 0.912. The fourth-order valence-corrected chi connectivity index (χ4v) is 4.65. The third-order valence-electron chi connectivity index (χ3n) is 6.94. The van der Waals surface area contributed by atoms with Crippen molar-refractivity contribution >= 4 is 22.1 Å². The number of aryl methyl sites for hydroxylation is 2. The lowest BCUT2D eigenvalue weighted by Crippen LogP contribution is -2.00. The van der Waals surface area contributed by atoms with Gasteiger partial charge in [0.05, 0.1) is 16.7 Å². The molecule has 6 aromatic rings. The molecule has 2 aromatic heterocycles. The fraction of sp³-hybridized carbons (Fsp3) is 0.138. The summed E-state index contributed by atoms with van der Waals surface area (Å²) in [6.07, 6.45) is 0. The normalized spacial score (nSPS) is 11.5. The van der Waals surface area contributed by atoms with E-state index in [1.165, 1.54) is 22.3 Å². The molecule has 6 rings (SSSR count). The largest absolute Gasteiger partial charge is 0.292 e. The van der Waals surface area contributed by atoms with Crippen LogP contribution in [0.15, 0.2) is 78.9 Å². The van der Waals surface area contributed by atoms with E-state index in [4.69, 9.17) is 15.2 Å². The summed E-state index contributed by atoms with van der Waals surface area (Å²) >= 11 is 0. The second kappa shape index (κ2) is 7.66. The van der Waals surface area contributed by atoms with Gasteiger partial charge >= 0.3 is 0 Å². The molecule has 0 bridgehead atoms. The van der Waals surface area contributed by atoms with Gasteiger partial charge in [0, 0.05) is 11.3 Å².